The number of carbonyl (C=O) groups is 1. The molecule has 5 rings (SSSR count). The van der Waals surface area contributed by atoms with Crippen LogP contribution in [-0.2, 0) is 9.63 Å². The first-order valence-corrected chi connectivity index (χ1v) is 14.8. The summed E-state index contributed by atoms with van der Waals surface area (Å²) in [4.78, 5) is 30.8. The molecule has 2 unspecified atom stereocenters. The van der Waals surface area contributed by atoms with E-state index in [4.69, 9.17) is 4.84 Å². The molecule has 1 aromatic heterocycles. The van der Waals surface area contributed by atoms with Crippen molar-refractivity contribution in [1.82, 2.24) is 9.97 Å². The molecule has 2 fully saturated rings. The highest BCUT2D eigenvalue weighted by molar-refractivity contribution is 6.01. The summed E-state index contributed by atoms with van der Waals surface area (Å²) < 4.78 is 15.4. The van der Waals surface area contributed by atoms with E-state index < -0.39 is 6.10 Å². The maximum Gasteiger partial charge on any atom is 0.229 e. The number of anilines is 2. The normalized spacial score (nSPS) is 19.6. The van der Waals surface area contributed by atoms with Crippen molar-refractivity contribution in [1.29, 1.82) is 0 Å². The van der Waals surface area contributed by atoms with Gasteiger partial charge in [0.15, 0.2) is 0 Å². The Balaban J connectivity index is 1.36. The average Bonchev–Trinajstić information content (AvgIpc) is 3.32. The summed E-state index contributed by atoms with van der Waals surface area (Å²) in [6.07, 6.45) is 5.87. The number of aryl methyl sites for hydroxylation is 1. The van der Waals surface area contributed by atoms with E-state index >= 15 is 4.39 Å². The molecule has 222 valence electrons. The number of aliphatic hydroxyl groups excluding tert-OH is 1. The third kappa shape index (κ3) is 6.16. The van der Waals surface area contributed by atoms with Crippen LogP contribution in [0.4, 0.5) is 15.9 Å². The standard InChI is InChI=1S/C33H40FN5O3/c1-6-20(2)15-22(4)42-37-23(5)24-11-13-38(14-12-24)33-31-28(34)9-8-27(32(31)35-19-36-33)25-7-10-29(21(3)16-25)39-18-26(40)17-30(39)41/h7-10,15-16,19-20,24,26,40H,6,11-14,17-18H2,1-5H3/b22-15+,37-23+. The number of carbonyl (C=O) groups excluding carboxylic acids is 1. The summed E-state index contributed by atoms with van der Waals surface area (Å²) in [5, 5.41) is 14.7. The molecule has 0 saturated carbocycles. The lowest BCUT2D eigenvalue weighted by atomic mass is 9.92. The number of oxime groups is 1. The number of halogens is 1. The van der Waals surface area contributed by atoms with Crippen LogP contribution in [0.2, 0.25) is 0 Å². The van der Waals surface area contributed by atoms with Gasteiger partial charge in [0, 0.05) is 30.3 Å². The largest absolute Gasteiger partial charge is 0.391 e. The van der Waals surface area contributed by atoms with Crippen molar-refractivity contribution < 1.29 is 19.1 Å². The summed E-state index contributed by atoms with van der Waals surface area (Å²) >= 11 is 0. The van der Waals surface area contributed by atoms with Crippen molar-refractivity contribution in [3.05, 3.63) is 59.9 Å². The Kier molecular flexibility index (Phi) is 8.87. The predicted molar refractivity (Wildman–Crippen MR) is 165 cm³/mol. The second-order valence-electron chi connectivity index (χ2n) is 11.6. The zero-order valence-electron chi connectivity index (χ0n) is 25.1. The molecule has 9 heteroatoms. The first-order chi connectivity index (χ1) is 20.2. The van der Waals surface area contributed by atoms with Crippen molar-refractivity contribution in [3.8, 4) is 11.1 Å². The molecule has 0 radical (unpaired) electrons. The molecule has 2 atom stereocenters. The summed E-state index contributed by atoms with van der Waals surface area (Å²) in [7, 11) is 0. The van der Waals surface area contributed by atoms with Crippen molar-refractivity contribution in [2.24, 2.45) is 17.0 Å². The molecule has 3 heterocycles. The Morgan fingerprint density at radius 2 is 1.98 bits per heavy atom. The number of fused-ring (bicyclic) bond motifs is 1. The van der Waals surface area contributed by atoms with Crippen molar-refractivity contribution >= 4 is 34.0 Å². The maximum atomic E-state index is 15.4. The number of amides is 1. The van der Waals surface area contributed by atoms with Gasteiger partial charge >= 0.3 is 0 Å². The van der Waals surface area contributed by atoms with Gasteiger partial charge in [-0.1, -0.05) is 25.1 Å². The van der Waals surface area contributed by atoms with E-state index in [2.05, 4.69) is 39.9 Å². The van der Waals surface area contributed by atoms with Gasteiger partial charge in [-0.05, 0) is 87.4 Å². The van der Waals surface area contributed by atoms with Crippen molar-refractivity contribution in [2.45, 2.75) is 66.4 Å². The van der Waals surface area contributed by atoms with Crippen LogP contribution in [-0.4, -0.2) is 52.4 Å². The van der Waals surface area contributed by atoms with Crippen LogP contribution in [0.3, 0.4) is 0 Å². The lowest BCUT2D eigenvalue weighted by Gasteiger charge is -2.33. The van der Waals surface area contributed by atoms with Crippen molar-refractivity contribution in [2.75, 3.05) is 29.4 Å². The minimum absolute atomic E-state index is 0.0886. The third-order valence-electron chi connectivity index (χ3n) is 8.50. The van der Waals surface area contributed by atoms with Gasteiger partial charge in [-0.15, -0.1) is 0 Å². The Hall–Kier alpha value is -3.85. The molecule has 2 aliphatic rings. The molecule has 0 bridgehead atoms. The van der Waals surface area contributed by atoms with Crippen LogP contribution < -0.4 is 9.80 Å². The SMILES string of the molecule is CCC(C)/C=C(\C)O/N=C(\C)C1CCN(c2ncnc3c(-c4ccc(N5CC(O)CC5=O)c(C)c4)ccc(F)c23)CC1. The van der Waals surface area contributed by atoms with E-state index in [0.29, 0.717) is 29.2 Å². The molecule has 2 aliphatic heterocycles. The number of hydrogen-bond acceptors (Lipinski definition) is 7. The number of nitrogens with zero attached hydrogens (tertiary/aromatic N) is 5. The molecule has 8 nitrogen and oxygen atoms in total. The van der Waals surface area contributed by atoms with Gasteiger partial charge in [0.2, 0.25) is 5.91 Å². The predicted octanol–water partition coefficient (Wildman–Crippen LogP) is 6.40. The number of benzene rings is 2. The number of aliphatic hydroxyl groups is 1. The third-order valence-corrected chi connectivity index (χ3v) is 8.50. The number of rotatable bonds is 8. The van der Waals surface area contributed by atoms with Crippen LogP contribution in [0.15, 0.2) is 53.7 Å². The topological polar surface area (TPSA) is 91.2 Å². The summed E-state index contributed by atoms with van der Waals surface area (Å²) in [6.45, 7) is 11.9. The van der Waals surface area contributed by atoms with E-state index in [1.807, 2.05) is 39.0 Å². The molecule has 2 saturated heterocycles. The lowest BCUT2D eigenvalue weighted by Crippen LogP contribution is -2.36. The van der Waals surface area contributed by atoms with Crippen LogP contribution in [0, 0.1) is 24.6 Å². The number of allylic oxidation sites excluding steroid dienone is 2. The molecule has 2 aromatic carbocycles. The zero-order valence-corrected chi connectivity index (χ0v) is 25.1. The molecule has 0 spiro atoms. The van der Waals surface area contributed by atoms with Crippen LogP contribution >= 0.6 is 0 Å². The highest BCUT2D eigenvalue weighted by Crippen LogP contribution is 2.37. The quantitative estimate of drug-likeness (QED) is 0.191. The molecule has 42 heavy (non-hydrogen) atoms. The van der Waals surface area contributed by atoms with Crippen LogP contribution in [0.1, 0.15) is 58.9 Å². The minimum Gasteiger partial charge on any atom is -0.391 e. The number of hydrogen-bond donors (Lipinski definition) is 1. The molecular formula is C33H40FN5O3. The molecule has 3 aromatic rings. The summed E-state index contributed by atoms with van der Waals surface area (Å²) in [5.41, 5.74) is 4.87. The first-order valence-electron chi connectivity index (χ1n) is 14.8. The Labute approximate surface area is 246 Å². The van der Waals surface area contributed by atoms with Gasteiger partial charge in [-0.2, -0.15) is 0 Å². The Morgan fingerprint density at radius 1 is 1.21 bits per heavy atom. The van der Waals surface area contributed by atoms with Gasteiger partial charge in [0.25, 0.3) is 0 Å². The molecular weight excluding hydrogens is 533 g/mol. The fraction of sp³-hybridized carbons (Fsp3) is 0.455. The maximum absolute atomic E-state index is 15.4. The Morgan fingerprint density at radius 3 is 2.64 bits per heavy atom. The second-order valence-corrected chi connectivity index (χ2v) is 11.6. The zero-order chi connectivity index (χ0) is 30.0. The second kappa shape index (κ2) is 12.6. The van der Waals surface area contributed by atoms with Crippen LogP contribution in [0.25, 0.3) is 22.0 Å². The minimum atomic E-state index is -0.650. The van der Waals surface area contributed by atoms with E-state index in [-0.39, 0.29) is 24.1 Å². The van der Waals surface area contributed by atoms with Crippen molar-refractivity contribution in [3.63, 3.8) is 0 Å². The van der Waals surface area contributed by atoms with E-state index in [0.717, 1.165) is 66.2 Å². The average molecular weight is 574 g/mol. The summed E-state index contributed by atoms with van der Waals surface area (Å²) in [5.74, 6) is 1.71. The smallest absolute Gasteiger partial charge is 0.229 e. The van der Waals surface area contributed by atoms with Crippen LogP contribution in [0.5, 0.6) is 0 Å². The van der Waals surface area contributed by atoms with E-state index in [9.17, 15) is 9.90 Å². The number of β-amino-alcohol motifs (C(OH)–C–C–N with tert-alkyl or cyclic N) is 1. The van der Waals surface area contributed by atoms with E-state index in [1.54, 1.807) is 11.0 Å². The van der Waals surface area contributed by atoms with Gasteiger partial charge in [0.1, 0.15) is 23.7 Å². The summed E-state index contributed by atoms with van der Waals surface area (Å²) in [6, 6.07) is 9.02. The fourth-order valence-electron chi connectivity index (χ4n) is 5.92. The van der Waals surface area contributed by atoms with Gasteiger partial charge in [0.05, 0.1) is 35.7 Å². The molecule has 1 amide bonds. The molecule has 1 N–H and O–H groups in total. The van der Waals surface area contributed by atoms with Gasteiger partial charge in [-0.3, -0.25) is 4.79 Å². The van der Waals surface area contributed by atoms with Gasteiger partial charge in [-0.25, -0.2) is 14.4 Å². The highest BCUT2D eigenvalue weighted by atomic mass is 19.1. The Bertz CT molecular complexity index is 1530. The highest BCUT2D eigenvalue weighted by Gasteiger charge is 2.30. The van der Waals surface area contributed by atoms with Gasteiger partial charge < -0.3 is 19.7 Å². The monoisotopic (exact) mass is 573 g/mol. The number of aromatic nitrogens is 2. The van der Waals surface area contributed by atoms with E-state index in [1.165, 1.54) is 12.4 Å². The molecule has 0 aliphatic carbocycles. The first kappa shape index (κ1) is 29.6. The number of piperidine rings is 1. The fourth-order valence-corrected chi connectivity index (χ4v) is 5.92. The lowest BCUT2D eigenvalue weighted by molar-refractivity contribution is -0.117.